The summed E-state index contributed by atoms with van der Waals surface area (Å²) < 4.78 is 5.30. The zero-order valence-corrected chi connectivity index (χ0v) is 8.76. The molecule has 0 aromatic carbocycles. The number of aromatic nitrogens is 2. The molecule has 7 heteroatoms. The molecule has 2 rings (SSSR count). The molecule has 0 aliphatic carbocycles. The van der Waals surface area contributed by atoms with Gasteiger partial charge in [-0.1, -0.05) is 5.10 Å². The molecule has 1 fully saturated rings. The third kappa shape index (κ3) is 2.22. The van der Waals surface area contributed by atoms with Gasteiger partial charge >= 0.3 is 6.01 Å². The Balaban J connectivity index is 2.04. The van der Waals surface area contributed by atoms with Crippen LogP contribution >= 0.6 is 11.6 Å². The first kappa shape index (κ1) is 10.7. The van der Waals surface area contributed by atoms with Gasteiger partial charge in [-0.25, -0.2) is 0 Å². The lowest BCUT2D eigenvalue weighted by Crippen LogP contribution is -2.22. The van der Waals surface area contributed by atoms with Crippen molar-refractivity contribution >= 4 is 17.6 Å². The smallest absolute Gasteiger partial charge is 0.318 e. The van der Waals surface area contributed by atoms with E-state index < -0.39 is 12.2 Å². The van der Waals surface area contributed by atoms with E-state index in [1.165, 1.54) is 0 Å². The average molecular weight is 234 g/mol. The predicted octanol–water partition coefficient (Wildman–Crippen LogP) is -0.607. The molecule has 2 unspecified atom stereocenters. The Kier molecular flexibility index (Phi) is 3.08. The molecule has 1 aromatic rings. The van der Waals surface area contributed by atoms with Crippen LogP contribution < -0.4 is 4.90 Å². The summed E-state index contributed by atoms with van der Waals surface area (Å²) in [5.74, 6) is 0.892. The Hall–Kier alpha value is -0.850. The molecular formula is C8H12ClN3O3. The Morgan fingerprint density at radius 1 is 1.33 bits per heavy atom. The molecular weight excluding hydrogens is 222 g/mol. The molecule has 0 spiro atoms. The molecule has 2 heterocycles. The largest absolute Gasteiger partial charge is 0.408 e. The van der Waals surface area contributed by atoms with Crippen LogP contribution in [0.3, 0.4) is 0 Å². The summed E-state index contributed by atoms with van der Waals surface area (Å²) in [6.07, 6.45) is -0.991. The first-order chi connectivity index (χ1) is 7.20. The van der Waals surface area contributed by atoms with E-state index in [0.717, 1.165) is 0 Å². The van der Waals surface area contributed by atoms with E-state index in [2.05, 4.69) is 10.2 Å². The molecule has 6 nitrogen and oxygen atoms in total. The number of anilines is 1. The van der Waals surface area contributed by atoms with Gasteiger partial charge < -0.3 is 19.5 Å². The number of hydrogen-bond acceptors (Lipinski definition) is 6. The van der Waals surface area contributed by atoms with E-state index in [4.69, 9.17) is 16.0 Å². The number of aryl methyl sites for hydroxylation is 1. The minimum absolute atomic E-state index is 0.309. The van der Waals surface area contributed by atoms with Crippen molar-refractivity contribution in [2.24, 2.45) is 0 Å². The van der Waals surface area contributed by atoms with Gasteiger partial charge in [-0.05, 0) is 0 Å². The van der Waals surface area contributed by atoms with Crippen LogP contribution in [-0.2, 0) is 6.42 Å². The van der Waals surface area contributed by atoms with Crippen LogP contribution in [0, 0.1) is 0 Å². The number of alkyl halides is 1. The minimum Gasteiger partial charge on any atom is -0.408 e. The maximum atomic E-state index is 9.34. The second kappa shape index (κ2) is 4.34. The van der Waals surface area contributed by atoms with Crippen LogP contribution in [0.2, 0.25) is 0 Å². The van der Waals surface area contributed by atoms with Gasteiger partial charge in [-0.3, -0.25) is 0 Å². The first-order valence-corrected chi connectivity index (χ1v) is 5.23. The van der Waals surface area contributed by atoms with Gasteiger partial charge in [0.05, 0.1) is 25.3 Å². The van der Waals surface area contributed by atoms with Gasteiger partial charge in [0.15, 0.2) is 0 Å². The van der Waals surface area contributed by atoms with E-state index in [9.17, 15) is 10.2 Å². The Labute approximate surface area is 91.5 Å². The quantitative estimate of drug-likeness (QED) is 0.678. The van der Waals surface area contributed by atoms with E-state index in [1.807, 2.05) is 0 Å². The van der Waals surface area contributed by atoms with Crippen LogP contribution in [0.4, 0.5) is 6.01 Å². The molecule has 84 valence electrons. The maximum absolute atomic E-state index is 9.34. The standard InChI is InChI=1S/C8H12ClN3O3/c9-2-1-7-10-11-8(15-7)12-3-5(13)6(14)4-12/h5-6,13-14H,1-4H2. The van der Waals surface area contributed by atoms with Crippen molar-refractivity contribution in [3.05, 3.63) is 5.89 Å². The van der Waals surface area contributed by atoms with E-state index >= 15 is 0 Å². The molecule has 1 aliphatic heterocycles. The predicted molar refractivity (Wildman–Crippen MR) is 52.9 cm³/mol. The van der Waals surface area contributed by atoms with Crippen LogP contribution in [0.25, 0.3) is 0 Å². The van der Waals surface area contributed by atoms with Crippen molar-refractivity contribution < 1.29 is 14.6 Å². The molecule has 1 saturated heterocycles. The second-order valence-corrected chi connectivity index (χ2v) is 3.83. The number of nitrogens with zero attached hydrogens (tertiary/aromatic N) is 3. The lowest BCUT2D eigenvalue weighted by Gasteiger charge is -2.09. The maximum Gasteiger partial charge on any atom is 0.318 e. The summed E-state index contributed by atoms with van der Waals surface area (Å²) in [5, 5.41) is 26.3. The SMILES string of the molecule is OC1CN(c2nnc(CCCl)o2)CC1O. The van der Waals surface area contributed by atoms with Gasteiger partial charge in [0.2, 0.25) is 5.89 Å². The van der Waals surface area contributed by atoms with Crippen LogP contribution in [0.15, 0.2) is 4.42 Å². The zero-order chi connectivity index (χ0) is 10.8. The Morgan fingerprint density at radius 2 is 2.00 bits per heavy atom. The van der Waals surface area contributed by atoms with Crippen LogP contribution in [0.5, 0.6) is 0 Å². The van der Waals surface area contributed by atoms with Crippen LogP contribution in [0.1, 0.15) is 5.89 Å². The molecule has 1 aliphatic rings. The zero-order valence-electron chi connectivity index (χ0n) is 8.01. The van der Waals surface area contributed by atoms with E-state index in [-0.39, 0.29) is 0 Å². The highest BCUT2D eigenvalue weighted by Crippen LogP contribution is 2.19. The summed E-state index contributed by atoms with van der Waals surface area (Å²) in [5.41, 5.74) is 0. The molecule has 15 heavy (non-hydrogen) atoms. The first-order valence-electron chi connectivity index (χ1n) is 4.70. The topological polar surface area (TPSA) is 82.6 Å². The normalized spacial score (nSPS) is 26.2. The molecule has 0 bridgehead atoms. The molecule has 0 amide bonds. The lowest BCUT2D eigenvalue weighted by molar-refractivity contribution is 0.0572. The molecule has 2 atom stereocenters. The van der Waals surface area contributed by atoms with Gasteiger partial charge in [0, 0.05) is 12.3 Å². The Bertz CT molecular complexity index is 323. The molecule has 0 saturated carbocycles. The fourth-order valence-electron chi connectivity index (χ4n) is 1.48. The molecule has 1 aromatic heterocycles. The highest BCUT2D eigenvalue weighted by Gasteiger charge is 2.32. The summed E-state index contributed by atoms with van der Waals surface area (Å²) in [4.78, 5) is 1.65. The van der Waals surface area contributed by atoms with Gasteiger partial charge in [-0.15, -0.1) is 16.7 Å². The van der Waals surface area contributed by atoms with Gasteiger partial charge in [0.25, 0.3) is 0 Å². The fourth-order valence-corrected chi connectivity index (χ4v) is 1.64. The van der Waals surface area contributed by atoms with Crippen molar-refractivity contribution in [1.82, 2.24) is 10.2 Å². The summed E-state index contributed by atoms with van der Waals surface area (Å²) >= 11 is 5.53. The van der Waals surface area contributed by atoms with E-state index in [0.29, 0.717) is 37.3 Å². The van der Waals surface area contributed by atoms with Crippen molar-refractivity contribution in [3.8, 4) is 0 Å². The monoisotopic (exact) mass is 233 g/mol. The number of rotatable bonds is 3. The minimum atomic E-state index is -0.756. The summed E-state index contributed by atoms with van der Waals surface area (Å²) in [7, 11) is 0. The second-order valence-electron chi connectivity index (χ2n) is 3.46. The highest BCUT2D eigenvalue weighted by molar-refractivity contribution is 6.17. The van der Waals surface area contributed by atoms with Crippen molar-refractivity contribution in [2.75, 3.05) is 23.9 Å². The summed E-state index contributed by atoms with van der Waals surface area (Å²) in [6.45, 7) is 0.618. The molecule has 2 N–H and O–H groups in total. The van der Waals surface area contributed by atoms with Crippen molar-refractivity contribution in [1.29, 1.82) is 0 Å². The highest BCUT2D eigenvalue weighted by atomic mass is 35.5. The average Bonchev–Trinajstić information content (AvgIpc) is 2.76. The number of aliphatic hydroxyl groups excluding tert-OH is 2. The third-order valence-electron chi connectivity index (χ3n) is 2.29. The number of aliphatic hydroxyl groups is 2. The lowest BCUT2D eigenvalue weighted by atomic mass is 10.3. The van der Waals surface area contributed by atoms with Gasteiger partial charge in [0.1, 0.15) is 0 Å². The van der Waals surface area contributed by atoms with Gasteiger partial charge in [-0.2, -0.15) is 0 Å². The Morgan fingerprint density at radius 3 is 2.60 bits per heavy atom. The third-order valence-corrected chi connectivity index (χ3v) is 2.48. The van der Waals surface area contributed by atoms with Crippen molar-refractivity contribution in [3.63, 3.8) is 0 Å². The number of hydrogen-bond donors (Lipinski definition) is 2. The summed E-state index contributed by atoms with van der Waals surface area (Å²) in [6, 6.07) is 0.325. The number of halogens is 1. The van der Waals surface area contributed by atoms with Crippen LogP contribution in [-0.4, -0.2) is 51.6 Å². The number of β-amino-alcohol motifs (C(OH)–C–C–N with tert-alkyl or cyclic N) is 2. The van der Waals surface area contributed by atoms with E-state index in [1.54, 1.807) is 4.90 Å². The van der Waals surface area contributed by atoms with Crippen molar-refractivity contribution in [2.45, 2.75) is 18.6 Å². The fraction of sp³-hybridized carbons (Fsp3) is 0.750. The molecule has 0 radical (unpaired) electrons.